The van der Waals surface area contributed by atoms with E-state index < -0.39 is 0 Å². The van der Waals surface area contributed by atoms with Crippen LogP contribution in [-0.2, 0) is 0 Å². The van der Waals surface area contributed by atoms with E-state index in [2.05, 4.69) is 20.9 Å². The number of aromatic nitrogens is 1. The molecule has 2 heterocycles. The molecule has 0 spiro atoms. The highest BCUT2D eigenvalue weighted by Gasteiger charge is 2.08. The highest BCUT2D eigenvalue weighted by atomic mass is 79.9. The zero-order chi connectivity index (χ0) is 15.0. The molecule has 0 unspecified atom stereocenters. The van der Waals surface area contributed by atoms with E-state index in [0.717, 1.165) is 10.9 Å². The minimum atomic E-state index is -0.385. The molecule has 0 saturated heterocycles. The molecule has 5 nitrogen and oxygen atoms in total. The van der Waals surface area contributed by atoms with Crippen LogP contribution in [0, 0.1) is 6.92 Å². The van der Waals surface area contributed by atoms with E-state index in [1.165, 1.54) is 12.3 Å². The number of aryl methyl sites for hydroxylation is 1. The van der Waals surface area contributed by atoms with Crippen molar-refractivity contribution >= 4 is 32.6 Å². The van der Waals surface area contributed by atoms with Gasteiger partial charge in [-0.05, 0) is 46.6 Å². The summed E-state index contributed by atoms with van der Waals surface area (Å²) in [5.74, 6) is 0.910. The van der Waals surface area contributed by atoms with Crippen molar-refractivity contribution in [3.05, 3.63) is 57.0 Å². The van der Waals surface area contributed by atoms with Crippen LogP contribution >= 0.6 is 15.9 Å². The average molecular weight is 347 g/mol. The van der Waals surface area contributed by atoms with Gasteiger partial charge in [-0.25, -0.2) is 9.78 Å². The van der Waals surface area contributed by atoms with Crippen molar-refractivity contribution in [3.63, 3.8) is 0 Å². The summed E-state index contributed by atoms with van der Waals surface area (Å²) in [6.07, 6.45) is 1.51. The number of ether oxygens (including phenoxy) is 1. The first-order valence-corrected chi connectivity index (χ1v) is 6.95. The van der Waals surface area contributed by atoms with E-state index in [4.69, 9.17) is 14.9 Å². The number of rotatable bonds is 2. The van der Waals surface area contributed by atoms with E-state index in [1.54, 1.807) is 18.2 Å². The van der Waals surface area contributed by atoms with Crippen molar-refractivity contribution in [2.24, 2.45) is 0 Å². The minimum Gasteiger partial charge on any atom is -0.438 e. The van der Waals surface area contributed by atoms with Gasteiger partial charge in [0, 0.05) is 17.5 Å². The van der Waals surface area contributed by atoms with Crippen molar-refractivity contribution < 1.29 is 9.15 Å². The summed E-state index contributed by atoms with van der Waals surface area (Å²) in [4.78, 5) is 15.5. The molecule has 2 aromatic heterocycles. The van der Waals surface area contributed by atoms with Gasteiger partial charge in [0.25, 0.3) is 0 Å². The lowest BCUT2D eigenvalue weighted by molar-refractivity contribution is 0.458. The Labute approximate surface area is 128 Å². The monoisotopic (exact) mass is 346 g/mol. The summed E-state index contributed by atoms with van der Waals surface area (Å²) in [6, 6.07) is 8.46. The highest BCUT2D eigenvalue weighted by Crippen LogP contribution is 2.30. The largest absolute Gasteiger partial charge is 0.438 e. The number of benzene rings is 1. The van der Waals surface area contributed by atoms with Crippen molar-refractivity contribution in [3.8, 4) is 11.6 Å². The van der Waals surface area contributed by atoms with E-state index in [-0.39, 0.29) is 5.63 Å². The fourth-order valence-corrected chi connectivity index (χ4v) is 2.44. The van der Waals surface area contributed by atoms with E-state index >= 15 is 0 Å². The van der Waals surface area contributed by atoms with Crippen LogP contribution in [0.3, 0.4) is 0 Å². The Bertz CT molecular complexity index is 890. The molecule has 2 N–H and O–H groups in total. The van der Waals surface area contributed by atoms with Gasteiger partial charge in [0.1, 0.15) is 11.3 Å². The van der Waals surface area contributed by atoms with Gasteiger partial charge >= 0.3 is 5.63 Å². The third-order valence-electron chi connectivity index (χ3n) is 2.97. The zero-order valence-corrected chi connectivity index (χ0v) is 12.7. The lowest BCUT2D eigenvalue weighted by atomic mass is 10.1. The van der Waals surface area contributed by atoms with Crippen LogP contribution in [0.4, 0.5) is 5.69 Å². The third kappa shape index (κ3) is 2.75. The quantitative estimate of drug-likeness (QED) is 0.716. The molecule has 21 heavy (non-hydrogen) atoms. The second-order valence-corrected chi connectivity index (χ2v) is 5.42. The molecule has 0 aliphatic rings. The Morgan fingerprint density at radius 1 is 1.29 bits per heavy atom. The first-order chi connectivity index (χ1) is 10.0. The van der Waals surface area contributed by atoms with E-state index in [1.807, 2.05) is 13.0 Å². The number of hydrogen-bond acceptors (Lipinski definition) is 5. The maximum atomic E-state index is 11.4. The summed E-state index contributed by atoms with van der Waals surface area (Å²) in [6.45, 7) is 1.86. The number of pyridine rings is 1. The molecule has 0 radical (unpaired) electrons. The molecule has 0 bridgehead atoms. The summed E-state index contributed by atoms with van der Waals surface area (Å²) in [5.41, 5.74) is 7.12. The molecule has 0 fully saturated rings. The van der Waals surface area contributed by atoms with Gasteiger partial charge in [-0.2, -0.15) is 0 Å². The zero-order valence-electron chi connectivity index (χ0n) is 11.1. The van der Waals surface area contributed by atoms with Gasteiger partial charge in [-0.3, -0.25) is 0 Å². The Morgan fingerprint density at radius 2 is 2.10 bits per heavy atom. The number of nitrogen functional groups attached to an aromatic ring is 1. The molecule has 0 amide bonds. The molecule has 106 valence electrons. The Balaban J connectivity index is 2.03. The van der Waals surface area contributed by atoms with Crippen LogP contribution in [0.25, 0.3) is 11.0 Å². The summed E-state index contributed by atoms with van der Waals surface area (Å²) in [5, 5.41) is 0.867. The lowest BCUT2D eigenvalue weighted by Gasteiger charge is -2.08. The molecule has 0 saturated carbocycles. The first-order valence-electron chi connectivity index (χ1n) is 6.16. The standard InChI is InChI=1S/C15H11BrN2O3/c1-8-4-14(19)21-13-6-10(2-3-11(8)13)20-15-12(16)5-9(17)7-18-15/h2-7H,17H2,1H3. The molecular weight excluding hydrogens is 336 g/mol. The average Bonchev–Trinajstić information content (AvgIpc) is 2.41. The normalized spacial score (nSPS) is 10.8. The predicted octanol–water partition coefficient (Wildman–Crippen LogP) is 3.63. The SMILES string of the molecule is Cc1cc(=O)oc2cc(Oc3ncc(N)cc3Br)ccc12. The third-order valence-corrected chi connectivity index (χ3v) is 3.53. The first kappa shape index (κ1) is 13.6. The molecule has 1 aromatic carbocycles. The number of nitrogens with zero attached hydrogens (tertiary/aromatic N) is 1. The topological polar surface area (TPSA) is 78.3 Å². The van der Waals surface area contributed by atoms with Crippen LogP contribution in [0.1, 0.15) is 5.56 Å². The maximum Gasteiger partial charge on any atom is 0.336 e. The molecule has 3 aromatic rings. The molecule has 0 aliphatic heterocycles. The fourth-order valence-electron chi connectivity index (χ4n) is 2.00. The molecule has 0 aliphatic carbocycles. The van der Waals surface area contributed by atoms with Crippen molar-refractivity contribution in [1.82, 2.24) is 4.98 Å². The molecule has 3 rings (SSSR count). The number of anilines is 1. The summed E-state index contributed by atoms with van der Waals surface area (Å²) >= 11 is 3.34. The maximum absolute atomic E-state index is 11.4. The van der Waals surface area contributed by atoms with Gasteiger partial charge in [0.05, 0.1) is 16.4 Å². The predicted molar refractivity (Wildman–Crippen MR) is 83.6 cm³/mol. The van der Waals surface area contributed by atoms with Gasteiger partial charge in [-0.1, -0.05) is 0 Å². The van der Waals surface area contributed by atoms with E-state index in [9.17, 15) is 4.79 Å². The Kier molecular flexibility index (Phi) is 3.39. The van der Waals surface area contributed by atoms with Crippen molar-refractivity contribution in [1.29, 1.82) is 0 Å². The number of hydrogen-bond donors (Lipinski definition) is 1. The van der Waals surface area contributed by atoms with Crippen LogP contribution in [0.5, 0.6) is 11.6 Å². The summed E-state index contributed by atoms with van der Waals surface area (Å²) in [7, 11) is 0. The highest BCUT2D eigenvalue weighted by molar-refractivity contribution is 9.10. The van der Waals surface area contributed by atoms with Crippen LogP contribution < -0.4 is 16.1 Å². The van der Waals surface area contributed by atoms with Gasteiger partial charge < -0.3 is 14.9 Å². The van der Waals surface area contributed by atoms with Gasteiger partial charge in [0.2, 0.25) is 5.88 Å². The van der Waals surface area contributed by atoms with Gasteiger partial charge in [-0.15, -0.1) is 0 Å². The minimum absolute atomic E-state index is 0.385. The number of fused-ring (bicyclic) bond motifs is 1. The number of halogens is 1. The van der Waals surface area contributed by atoms with Crippen molar-refractivity contribution in [2.45, 2.75) is 6.92 Å². The number of nitrogens with two attached hydrogens (primary N) is 1. The Hall–Kier alpha value is -2.34. The Morgan fingerprint density at radius 3 is 2.86 bits per heavy atom. The second-order valence-electron chi connectivity index (χ2n) is 4.56. The van der Waals surface area contributed by atoms with Crippen LogP contribution in [0.15, 0.2) is 50.2 Å². The van der Waals surface area contributed by atoms with Crippen molar-refractivity contribution in [2.75, 3.05) is 5.73 Å². The van der Waals surface area contributed by atoms with E-state index in [0.29, 0.717) is 27.4 Å². The molecule has 6 heteroatoms. The fraction of sp³-hybridized carbons (Fsp3) is 0.0667. The van der Waals surface area contributed by atoms with Crippen LogP contribution in [0.2, 0.25) is 0 Å². The lowest BCUT2D eigenvalue weighted by Crippen LogP contribution is -1.98. The summed E-state index contributed by atoms with van der Waals surface area (Å²) < 4.78 is 11.5. The van der Waals surface area contributed by atoms with Gasteiger partial charge in [0.15, 0.2) is 0 Å². The molecular formula is C15H11BrN2O3. The van der Waals surface area contributed by atoms with Crippen LogP contribution in [-0.4, -0.2) is 4.98 Å². The molecule has 0 atom stereocenters. The smallest absolute Gasteiger partial charge is 0.336 e. The second kappa shape index (κ2) is 5.21.